The van der Waals surface area contributed by atoms with Crippen molar-refractivity contribution in [2.24, 2.45) is 29.1 Å². The van der Waals surface area contributed by atoms with Crippen molar-refractivity contribution in [3.8, 4) is 0 Å². The van der Waals surface area contributed by atoms with Crippen molar-refractivity contribution >= 4 is 5.97 Å². The van der Waals surface area contributed by atoms with Gasteiger partial charge in [0.05, 0.1) is 12.2 Å². The topological polar surface area (TPSA) is 77.8 Å². The van der Waals surface area contributed by atoms with Crippen molar-refractivity contribution in [2.45, 2.75) is 91.3 Å². The molecule has 2 rings (SSSR count). The number of carboxylic acids is 1. The number of hydrogen-bond donors (Lipinski definition) is 3. The maximum atomic E-state index is 10.7. The fourth-order valence-electron chi connectivity index (χ4n) is 4.93. The lowest BCUT2D eigenvalue weighted by molar-refractivity contribution is -0.137. The van der Waals surface area contributed by atoms with Crippen LogP contribution in [-0.2, 0) is 4.79 Å². The molecule has 0 aliphatic heterocycles. The minimum atomic E-state index is -0.724. The second kappa shape index (κ2) is 10.1. The number of fused-ring (bicyclic) bond motifs is 1. The average molecular weight is 393 g/mol. The first kappa shape index (κ1) is 23.2. The molecule has 0 bridgehead atoms. The van der Waals surface area contributed by atoms with E-state index in [4.69, 9.17) is 5.11 Å². The van der Waals surface area contributed by atoms with Gasteiger partial charge in [0.2, 0.25) is 0 Å². The van der Waals surface area contributed by atoms with Crippen LogP contribution in [0.15, 0.2) is 23.8 Å². The summed E-state index contributed by atoms with van der Waals surface area (Å²) in [6.07, 6.45) is 12.4. The molecule has 4 heteroatoms. The quantitative estimate of drug-likeness (QED) is 0.435. The Morgan fingerprint density at radius 1 is 1.36 bits per heavy atom. The predicted octanol–water partition coefficient (Wildman–Crippen LogP) is 4.95. The predicted molar refractivity (Wildman–Crippen MR) is 113 cm³/mol. The lowest BCUT2D eigenvalue weighted by Crippen LogP contribution is -2.28. The summed E-state index contributed by atoms with van der Waals surface area (Å²) >= 11 is 0. The normalized spacial score (nSPS) is 29.7. The maximum Gasteiger partial charge on any atom is 0.303 e. The van der Waals surface area contributed by atoms with Crippen LogP contribution in [-0.4, -0.2) is 33.5 Å². The molecule has 1 saturated carbocycles. The Bertz CT molecular complexity index is 577. The lowest BCUT2D eigenvalue weighted by atomic mass is 9.80. The van der Waals surface area contributed by atoms with E-state index >= 15 is 0 Å². The Labute approximate surface area is 170 Å². The van der Waals surface area contributed by atoms with Crippen LogP contribution in [0.1, 0.15) is 79.1 Å². The number of carboxylic acid groups (broad SMARTS) is 1. The second-order valence-corrected chi connectivity index (χ2v) is 9.76. The minimum Gasteiger partial charge on any atom is -0.481 e. The average Bonchev–Trinajstić information content (AvgIpc) is 3.14. The molecule has 1 fully saturated rings. The smallest absolute Gasteiger partial charge is 0.303 e. The van der Waals surface area contributed by atoms with Gasteiger partial charge in [-0.3, -0.25) is 4.79 Å². The number of aliphatic hydroxyl groups is 2. The van der Waals surface area contributed by atoms with Crippen LogP contribution in [0, 0.1) is 29.1 Å². The van der Waals surface area contributed by atoms with E-state index in [1.54, 1.807) is 0 Å². The fraction of sp³-hybridized carbons (Fsp3) is 0.792. The number of hydrogen-bond acceptors (Lipinski definition) is 3. The third kappa shape index (κ3) is 5.93. The molecule has 0 aromatic carbocycles. The first-order chi connectivity index (χ1) is 13.2. The Kier molecular flexibility index (Phi) is 8.32. The van der Waals surface area contributed by atoms with E-state index in [0.29, 0.717) is 24.2 Å². The van der Waals surface area contributed by atoms with Gasteiger partial charge in [-0.1, -0.05) is 64.3 Å². The van der Waals surface area contributed by atoms with Gasteiger partial charge in [-0.15, -0.1) is 0 Å². The Morgan fingerprint density at radius 3 is 2.71 bits per heavy atom. The molecule has 2 aliphatic rings. The van der Waals surface area contributed by atoms with Gasteiger partial charge < -0.3 is 15.3 Å². The second-order valence-electron chi connectivity index (χ2n) is 9.76. The molecule has 160 valence electrons. The molecular formula is C24H40O4. The van der Waals surface area contributed by atoms with Crippen molar-refractivity contribution < 1.29 is 20.1 Å². The number of carbonyl (C=O) groups is 1. The molecule has 0 saturated heterocycles. The molecule has 28 heavy (non-hydrogen) atoms. The van der Waals surface area contributed by atoms with E-state index in [-0.39, 0.29) is 23.9 Å². The zero-order chi connectivity index (χ0) is 20.9. The van der Waals surface area contributed by atoms with Crippen LogP contribution in [0.4, 0.5) is 0 Å². The number of rotatable bonds is 11. The van der Waals surface area contributed by atoms with Gasteiger partial charge in [-0.25, -0.2) is 0 Å². The minimum absolute atomic E-state index is 0.0987. The van der Waals surface area contributed by atoms with Crippen molar-refractivity contribution in [1.29, 1.82) is 0 Å². The van der Waals surface area contributed by atoms with Crippen LogP contribution in [0.5, 0.6) is 0 Å². The maximum absolute atomic E-state index is 10.7. The largest absolute Gasteiger partial charge is 0.481 e. The van der Waals surface area contributed by atoms with E-state index in [1.807, 2.05) is 6.08 Å². The SMILES string of the molecule is CCCCC(C)(C)C(O)/C=C/[C@@H]1C2CC(C(C)CCCC(=O)O)=CC2C[C@H]1O. The summed E-state index contributed by atoms with van der Waals surface area (Å²) in [4.78, 5) is 10.7. The summed E-state index contributed by atoms with van der Waals surface area (Å²) in [6.45, 7) is 8.58. The summed E-state index contributed by atoms with van der Waals surface area (Å²) in [5.74, 6) is 0.603. The van der Waals surface area contributed by atoms with E-state index in [2.05, 4.69) is 39.8 Å². The highest BCUT2D eigenvalue weighted by molar-refractivity contribution is 5.66. The Balaban J connectivity index is 1.94. The molecule has 0 amide bonds. The summed E-state index contributed by atoms with van der Waals surface area (Å²) in [5, 5.41) is 30.0. The molecule has 0 spiro atoms. The highest BCUT2D eigenvalue weighted by atomic mass is 16.4. The molecule has 0 radical (unpaired) electrons. The number of aliphatic carboxylic acids is 1. The summed E-state index contributed by atoms with van der Waals surface area (Å²) in [7, 11) is 0. The Morgan fingerprint density at radius 2 is 2.07 bits per heavy atom. The monoisotopic (exact) mass is 392 g/mol. The summed E-state index contributed by atoms with van der Waals surface area (Å²) < 4.78 is 0. The van der Waals surface area contributed by atoms with Gasteiger partial charge in [0.15, 0.2) is 0 Å². The summed E-state index contributed by atoms with van der Waals surface area (Å²) in [6, 6.07) is 0. The molecule has 6 atom stereocenters. The molecule has 0 aromatic rings. The molecule has 2 aliphatic carbocycles. The van der Waals surface area contributed by atoms with Crippen LogP contribution < -0.4 is 0 Å². The molecule has 0 heterocycles. The highest BCUT2D eigenvalue weighted by Crippen LogP contribution is 2.49. The highest BCUT2D eigenvalue weighted by Gasteiger charge is 2.44. The van der Waals surface area contributed by atoms with Crippen molar-refractivity contribution in [3.63, 3.8) is 0 Å². The molecular weight excluding hydrogens is 352 g/mol. The van der Waals surface area contributed by atoms with Gasteiger partial charge in [0.1, 0.15) is 0 Å². The van der Waals surface area contributed by atoms with Crippen LogP contribution in [0.25, 0.3) is 0 Å². The number of unbranched alkanes of at least 4 members (excludes halogenated alkanes) is 1. The Hall–Kier alpha value is -1.13. The molecule has 4 unspecified atom stereocenters. The first-order valence-corrected chi connectivity index (χ1v) is 11.1. The number of allylic oxidation sites excluding steroid dienone is 2. The number of aliphatic hydroxyl groups excluding tert-OH is 2. The van der Waals surface area contributed by atoms with Gasteiger partial charge in [-0.2, -0.15) is 0 Å². The van der Waals surface area contributed by atoms with Crippen LogP contribution >= 0.6 is 0 Å². The fourth-order valence-corrected chi connectivity index (χ4v) is 4.93. The van der Waals surface area contributed by atoms with E-state index in [1.165, 1.54) is 5.57 Å². The lowest BCUT2D eigenvalue weighted by Gasteiger charge is -2.29. The van der Waals surface area contributed by atoms with E-state index in [9.17, 15) is 15.0 Å². The van der Waals surface area contributed by atoms with Crippen molar-refractivity contribution in [1.82, 2.24) is 0 Å². The van der Waals surface area contributed by atoms with Crippen molar-refractivity contribution in [2.75, 3.05) is 0 Å². The van der Waals surface area contributed by atoms with Crippen LogP contribution in [0.2, 0.25) is 0 Å². The van der Waals surface area contributed by atoms with Crippen LogP contribution in [0.3, 0.4) is 0 Å². The zero-order valence-corrected chi connectivity index (χ0v) is 18.1. The van der Waals surface area contributed by atoms with Crippen molar-refractivity contribution in [3.05, 3.63) is 23.8 Å². The van der Waals surface area contributed by atoms with Gasteiger partial charge in [-0.05, 0) is 55.3 Å². The summed E-state index contributed by atoms with van der Waals surface area (Å²) in [5.41, 5.74) is 1.28. The van der Waals surface area contributed by atoms with E-state index in [0.717, 1.165) is 38.5 Å². The standard InChI is InChI=1S/C24H40O4/c1-5-6-12-24(3,4)22(26)11-10-19-20-14-17(13-18(20)15-21(19)25)16(2)8-7-9-23(27)28/h10-11,13,16,18-22,25-26H,5-9,12,14-15H2,1-4H3,(H,27,28)/b11-10+/t16?,18?,19-,20?,21-,22?/m1/s1. The molecule has 4 nitrogen and oxygen atoms in total. The molecule has 3 N–H and O–H groups in total. The van der Waals surface area contributed by atoms with Gasteiger partial charge in [0, 0.05) is 12.3 Å². The van der Waals surface area contributed by atoms with E-state index < -0.39 is 12.1 Å². The van der Waals surface area contributed by atoms with Gasteiger partial charge >= 0.3 is 5.97 Å². The first-order valence-electron chi connectivity index (χ1n) is 11.1. The third-order valence-corrected chi connectivity index (χ3v) is 7.05. The third-order valence-electron chi connectivity index (χ3n) is 7.05. The van der Waals surface area contributed by atoms with Gasteiger partial charge in [0.25, 0.3) is 0 Å². The molecule has 0 aromatic heterocycles. The zero-order valence-electron chi connectivity index (χ0n) is 18.1.